The van der Waals surface area contributed by atoms with Crippen LogP contribution in [-0.2, 0) is 28.4 Å². The van der Waals surface area contributed by atoms with E-state index in [4.69, 9.17) is 28.4 Å². The van der Waals surface area contributed by atoms with Crippen LogP contribution in [0.25, 0.3) is 0 Å². The zero-order valence-electron chi connectivity index (χ0n) is 12.1. The Bertz CT molecular complexity index is 302. The third-order valence-electron chi connectivity index (χ3n) is 3.50. The Morgan fingerprint density at radius 1 is 0.952 bits per heavy atom. The van der Waals surface area contributed by atoms with E-state index in [-0.39, 0.29) is 18.5 Å². The van der Waals surface area contributed by atoms with Crippen molar-refractivity contribution in [2.45, 2.75) is 43.5 Å². The molecule has 1 N–H and O–H groups in total. The average Bonchev–Trinajstić information content (AvgIpc) is 3.32. The van der Waals surface area contributed by atoms with Crippen molar-refractivity contribution in [2.24, 2.45) is 0 Å². The van der Waals surface area contributed by atoms with E-state index in [1.165, 1.54) is 0 Å². The molecule has 7 heteroatoms. The molecule has 0 aromatic rings. The zero-order chi connectivity index (χ0) is 14.5. The quantitative estimate of drug-likeness (QED) is 0.468. The van der Waals surface area contributed by atoms with Crippen molar-refractivity contribution in [3.63, 3.8) is 0 Å². The molecule has 21 heavy (non-hydrogen) atoms. The molecule has 0 aromatic carbocycles. The van der Waals surface area contributed by atoms with E-state index in [9.17, 15) is 5.11 Å². The van der Waals surface area contributed by atoms with Gasteiger partial charge in [0.05, 0.1) is 51.8 Å². The summed E-state index contributed by atoms with van der Waals surface area (Å²) in [4.78, 5) is 0. The molecular weight excluding hydrogens is 280 g/mol. The lowest BCUT2D eigenvalue weighted by molar-refractivity contribution is -0.0982. The summed E-state index contributed by atoms with van der Waals surface area (Å²) in [6, 6.07) is 0. The Kier molecular flexibility index (Phi) is 5.82. The van der Waals surface area contributed by atoms with Crippen LogP contribution in [0.2, 0.25) is 0 Å². The van der Waals surface area contributed by atoms with Gasteiger partial charge in [0.15, 0.2) is 6.29 Å². The van der Waals surface area contributed by atoms with Crippen molar-refractivity contribution in [1.29, 1.82) is 0 Å². The normalized spacial score (nSPS) is 32.7. The smallest absolute Gasteiger partial charge is 0.181 e. The molecule has 0 bridgehead atoms. The molecular formula is C14H24O7. The van der Waals surface area contributed by atoms with Crippen molar-refractivity contribution in [1.82, 2.24) is 0 Å². The summed E-state index contributed by atoms with van der Waals surface area (Å²) < 4.78 is 31.9. The molecule has 3 aliphatic heterocycles. The summed E-state index contributed by atoms with van der Waals surface area (Å²) in [5, 5.41) is 9.80. The van der Waals surface area contributed by atoms with E-state index >= 15 is 0 Å². The molecule has 3 fully saturated rings. The molecule has 0 spiro atoms. The molecule has 5 atom stereocenters. The minimum atomic E-state index is -0.451. The highest BCUT2D eigenvalue weighted by Crippen LogP contribution is 2.17. The lowest BCUT2D eigenvalue weighted by Crippen LogP contribution is -2.29. The third kappa shape index (κ3) is 7.01. The second kappa shape index (κ2) is 7.82. The first-order valence-electron chi connectivity index (χ1n) is 7.63. The van der Waals surface area contributed by atoms with Gasteiger partial charge in [-0.15, -0.1) is 0 Å². The molecule has 7 nitrogen and oxygen atoms in total. The molecule has 122 valence electrons. The van der Waals surface area contributed by atoms with Gasteiger partial charge in [-0.25, -0.2) is 0 Å². The van der Waals surface area contributed by atoms with Crippen molar-refractivity contribution in [3.05, 3.63) is 0 Å². The number of ether oxygens (including phenoxy) is 6. The summed E-state index contributed by atoms with van der Waals surface area (Å²) in [7, 11) is 0. The van der Waals surface area contributed by atoms with Gasteiger partial charge in [-0.2, -0.15) is 0 Å². The standard InChI is InChI=1S/C14H24O7/c15-10(1-2-11-7-18-11)3-16-5-13(21-14-9-20-14)6-17-4-12-8-19-12/h10-15H,1-9H2. The zero-order valence-corrected chi connectivity index (χ0v) is 12.1. The second-order valence-electron chi connectivity index (χ2n) is 5.74. The van der Waals surface area contributed by atoms with Crippen LogP contribution in [0.1, 0.15) is 12.8 Å². The van der Waals surface area contributed by atoms with Crippen LogP contribution in [0.3, 0.4) is 0 Å². The summed E-state index contributed by atoms with van der Waals surface area (Å²) in [5.74, 6) is 0. The summed E-state index contributed by atoms with van der Waals surface area (Å²) in [6.07, 6.45) is 1.44. The number of hydrogen-bond donors (Lipinski definition) is 1. The first kappa shape index (κ1) is 15.6. The molecule has 0 saturated carbocycles. The molecule has 0 aliphatic carbocycles. The predicted molar refractivity (Wildman–Crippen MR) is 71.0 cm³/mol. The second-order valence-corrected chi connectivity index (χ2v) is 5.74. The van der Waals surface area contributed by atoms with Gasteiger partial charge in [-0.3, -0.25) is 0 Å². The number of aliphatic hydroxyl groups excluding tert-OH is 1. The van der Waals surface area contributed by atoms with Gasteiger partial charge in [0.2, 0.25) is 0 Å². The molecule has 3 saturated heterocycles. The van der Waals surface area contributed by atoms with Gasteiger partial charge in [-0.1, -0.05) is 0 Å². The fourth-order valence-electron chi connectivity index (χ4n) is 1.99. The SMILES string of the molecule is OC(CCC1CO1)COCC(COCC1CO1)OC1CO1. The monoisotopic (exact) mass is 304 g/mol. The van der Waals surface area contributed by atoms with Crippen LogP contribution in [0.5, 0.6) is 0 Å². The maximum absolute atomic E-state index is 9.80. The molecule has 3 aliphatic rings. The van der Waals surface area contributed by atoms with E-state index < -0.39 is 6.10 Å². The van der Waals surface area contributed by atoms with Crippen LogP contribution in [0.4, 0.5) is 0 Å². The highest BCUT2D eigenvalue weighted by Gasteiger charge is 2.29. The van der Waals surface area contributed by atoms with Gasteiger partial charge >= 0.3 is 0 Å². The van der Waals surface area contributed by atoms with Crippen molar-refractivity contribution in [3.8, 4) is 0 Å². The lowest BCUT2D eigenvalue weighted by Gasteiger charge is -2.18. The van der Waals surface area contributed by atoms with Crippen molar-refractivity contribution in [2.75, 3.05) is 46.2 Å². The Labute approximate surface area is 124 Å². The summed E-state index contributed by atoms with van der Waals surface area (Å²) >= 11 is 0. The Morgan fingerprint density at radius 2 is 1.67 bits per heavy atom. The lowest BCUT2D eigenvalue weighted by atomic mass is 10.2. The van der Waals surface area contributed by atoms with E-state index in [1.54, 1.807) is 0 Å². The molecule has 3 heterocycles. The Morgan fingerprint density at radius 3 is 2.33 bits per heavy atom. The number of aliphatic hydroxyl groups is 1. The van der Waals surface area contributed by atoms with Gasteiger partial charge in [-0.05, 0) is 12.8 Å². The van der Waals surface area contributed by atoms with Gasteiger partial charge in [0.1, 0.15) is 18.8 Å². The largest absolute Gasteiger partial charge is 0.391 e. The average molecular weight is 304 g/mol. The summed E-state index contributed by atoms with van der Waals surface area (Å²) in [5.41, 5.74) is 0. The molecule has 5 unspecified atom stereocenters. The van der Waals surface area contributed by atoms with E-state index in [0.29, 0.717) is 45.6 Å². The highest BCUT2D eigenvalue weighted by atomic mass is 16.8. The van der Waals surface area contributed by atoms with Crippen LogP contribution >= 0.6 is 0 Å². The van der Waals surface area contributed by atoms with E-state index in [1.807, 2.05) is 0 Å². The first-order valence-corrected chi connectivity index (χ1v) is 7.63. The number of rotatable bonds is 13. The summed E-state index contributed by atoms with van der Waals surface area (Å²) in [6.45, 7) is 3.98. The number of hydrogen-bond acceptors (Lipinski definition) is 7. The Balaban J connectivity index is 1.24. The minimum Gasteiger partial charge on any atom is -0.391 e. The van der Waals surface area contributed by atoms with Crippen molar-refractivity contribution >= 4 is 0 Å². The number of epoxide rings is 3. The molecule has 0 radical (unpaired) electrons. The van der Waals surface area contributed by atoms with E-state index in [0.717, 1.165) is 19.6 Å². The van der Waals surface area contributed by atoms with Crippen LogP contribution in [0.15, 0.2) is 0 Å². The third-order valence-corrected chi connectivity index (χ3v) is 3.50. The topological polar surface area (TPSA) is 85.5 Å². The van der Waals surface area contributed by atoms with Crippen LogP contribution in [0, 0.1) is 0 Å². The molecule has 0 amide bonds. The maximum Gasteiger partial charge on any atom is 0.181 e. The minimum absolute atomic E-state index is 0.128. The van der Waals surface area contributed by atoms with Gasteiger partial charge in [0.25, 0.3) is 0 Å². The fourth-order valence-corrected chi connectivity index (χ4v) is 1.99. The molecule has 3 rings (SSSR count). The van der Waals surface area contributed by atoms with Gasteiger partial charge < -0.3 is 33.5 Å². The highest BCUT2D eigenvalue weighted by molar-refractivity contribution is 4.71. The fraction of sp³-hybridized carbons (Fsp3) is 1.00. The molecule has 0 aromatic heterocycles. The van der Waals surface area contributed by atoms with Gasteiger partial charge in [0, 0.05) is 0 Å². The maximum atomic E-state index is 9.80. The van der Waals surface area contributed by atoms with Crippen LogP contribution < -0.4 is 0 Å². The van der Waals surface area contributed by atoms with Crippen molar-refractivity contribution < 1.29 is 33.5 Å². The Hall–Kier alpha value is -0.280. The predicted octanol–water partition coefficient (Wildman–Crippen LogP) is -0.300. The van der Waals surface area contributed by atoms with Crippen LogP contribution in [-0.4, -0.2) is 82.1 Å². The van der Waals surface area contributed by atoms with E-state index in [2.05, 4.69) is 0 Å². The first-order chi connectivity index (χ1) is 10.3.